The molecule has 0 atom stereocenters. The van der Waals surface area contributed by atoms with Crippen LogP contribution >= 0.6 is 11.3 Å². The lowest BCUT2D eigenvalue weighted by Gasteiger charge is -2.05. The van der Waals surface area contributed by atoms with Crippen molar-refractivity contribution in [1.29, 1.82) is 0 Å². The minimum absolute atomic E-state index is 0.201. The van der Waals surface area contributed by atoms with Gasteiger partial charge in [0.05, 0.1) is 4.88 Å². The predicted molar refractivity (Wildman–Crippen MR) is 84.7 cm³/mol. The van der Waals surface area contributed by atoms with Crippen LogP contribution in [0.3, 0.4) is 0 Å². The van der Waals surface area contributed by atoms with Crippen LogP contribution in [0.5, 0.6) is 5.88 Å². The van der Waals surface area contributed by atoms with E-state index in [-0.39, 0.29) is 17.0 Å². The lowest BCUT2D eigenvalue weighted by atomic mass is 10.1. The van der Waals surface area contributed by atoms with Gasteiger partial charge in [-0.2, -0.15) is 4.98 Å². The molecule has 0 saturated carbocycles. The SMILES string of the molecule is Cc1ccc(-c2c(O)nc(-c3ccc(C)s3)[nH]c2=O)cc1. The highest BCUT2D eigenvalue weighted by Gasteiger charge is 2.14. The van der Waals surface area contributed by atoms with E-state index in [1.165, 1.54) is 11.3 Å². The number of H-pyrrole nitrogens is 1. The Bertz CT molecular complexity index is 847. The predicted octanol–water partition coefficient (Wildman–Crippen LogP) is 3.49. The second kappa shape index (κ2) is 5.18. The Morgan fingerprint density at radius 2 is 1.81 bits per heavy atom. The maximum Gasteiger partial charge on any atom is 0.262 e. The molecule has 0 aliphatic rings. The summed E-state index contributed by atoms with van der Waals surface area (Å²) in [5.41, 5.74) is 1.61. The first-order valence-electron chi connectivity index (χ1n) is 6.52. The van der Waals surface area contributed by atoms with Gasteiger partial charge in [0.25, 0.3) is 5.56 Å². The molecule has 0 amide bonds. The van der Waals surface area contributed by atoms with Crippen molar-refractivity contribution < 1.29 is 5.11 Å². The third-order valence-corrected chi connectivity index (χ3v) is 4.22. The molecule has 21 heavy (non-hydrogen) atoms. The lowest BCUT2D eigenvalue weighted by molar-refractivity contribution is 0.454. The van der Waals surface area contributed by atoms with Gasteiger partial charge in [-0.25, -0.2) is 0 Å². The zero-order valence-corrected chi connectivity index (χ0v) is 12.5. The molecular weight excluding hydrogens is 284 g/mol. The molecule has 2 N–H and O–H groups in total. The Morgan fingerprint density at radius 3 is 2.38 bits per heavy atom. The molecule has 0 bridgehead atoms. The van der Waals surface area contributed by atoms with Gasteiger partial charge in [-0.1, -0.05) is 29.8 Å². The molecule has 3 rings (SSSR count). The summed E-state index contributed by atoms with van der Waals surface area (Å²) in [6.07, 6.45) is 0. The van der Waals surface area contributed by atoms with E-state index in [1.54, 1.807) is 12.1 Å². The smallest absolute Gasteiger partial charge is 0.262 e. The topological polar surface area (TPSA) is 66.0 Å². The van der Waals surface area contributed by atoms with Crippen LogP contribution in [0.2, 0.25) is 0 Å². The molecule has 0 fully saturated rings. The van der Waals surface area contributed by atoms with Gasteiger partial charge in [-0.05, 0) is 31.5 Å². The van der Waals surface area contributed by atoms with Gasteiger partial charge in [-0.15, -0.1) is 11.3 Å². The minimum atomic E-state index is -0.340. The Balaban J connectivity index is 2.12. The van der Waals surface area contributed by atoms with E-state index in [0.717, 1.165) is 15.3 Å². The van der Waals surface area contributed by atoms with E-state index in [9.17, 15) is 9.90 Å². The Labute approximate surface area is 125 Å². The summed E-state index contributed by atoms with van der Waals surface area (Å²) in [5, 5.41) is 10.1. The molecule has 0 aliphatic heterocycles. The number of nitrogens with one attached hydrogen (secondary N) is 1. The average molecular weight is 298 g/mol. The van der Waals surface area contributed by atoms with Crippen LogP contribution in [0.1, 0.15) is 10.4 Å². The highest BCUT2D eigenvalue weighted by atomic mass is 32.1. The first-order chi connectivity index (χ1) is 10.0. The third-order valence-electron chi connectivity index (χ3n) is 3.21. The van der Waals surface area contributed by atoms with Gasteiger partial charge < -0.3 is 10.1 Å². The van der Waals surface area contributed by atoms with Crippen LogP contribution in [0.15, 0.2) is 41.2 Å². The van der Waals surface area contributed by atoms with Crippen LogP contribution in [-0.2, 0) is 0 Å². The Kier molecular flexibility index (Phi) is 3.35. The van der Waals surface area contributed by atoms with Crippen molar-refractivity contribution in [3.05, 3.63) is 57.2 Å². The maximum absolute atomic E-state index is 12.3. The van der Waals surface area contributed by atoms with Crippen LogP contribution in [0.4, 0.5) is 0 Å². The number of aryl methyl sites for hydroxylation is 2. The zero-order chi connectivity index (χ0) is 15.0. The fourth-order valence-corrected chi connectivity index (χ4v) is 2.93. The average Bonchev–Trinajstić information content (AvgIpc) is 2.87. The third kappa shape index (κ3) is 2.60. The van der Waals surface area contributed by atoms with Crippen molar-refractivity contribution in [2.75, 3.05) is 0 Å². The van der Waals surface area contributed by atoms with Gasteiger partial charge in [-0.3, -0.25) is 4.79 Å². The normalized spacial score (nSPS) is 10.8. The van der Waals surface area contributed by atoms with E-state index in [0.29, 0.717) is 11.4 Å². The maximum atomic E-state index is 12.3. The summed E-state index contributed by atoms with van der Waals surface area (Å²) in [7, 11) is 0. The molecule has 0 unspecified atom stereocenters. The van der Waals surface area contributed by atoms with Crippen molar-refractivity contribution in [2.45, 2.75) is 13.8 Å². The summed E-state index contributed by atoms with van der Waals surface area (Å²) in [6, 6.07) is 11.2. The van der Waals surface area contributed by atoms with Crippen molar-refractivity contribution >= 4 is 11.3 Å². The summed E-state index contributed by atoms with van der Waals surface area (Å²) in [4.78, 5) is 21.1. The van der Waals surface area contributed by atoms with Gasteiger partial charge in [0.1, 0.15) is 5.56 Å². The van der Waals surface area contributed by atoms with Crippen molar-refractivity contribution in [3.63, 3.8) is 0 Å². The summed E-state index contributed by atoms with van der Waals surface area (Å²) < 4.78 is 0. The van der Waals surface area contributed by atoms with E-state index in [1.807, 2.05) is 38.1 Å². The zero-order valence-electron chi connectivity index (χ0n) is 11.7. The number of aromatic hydroxyl groups is 1. The molecule has 4 nitrogen and oxygen atoms in total. The molecule has 0 radical (unpaired) electrons. The van der Waals surface area contributed by atoms with Gasteiger partial charge in [0.15, 0.2) is 5.82 Å². The second-order valence-corrected chi connectivity index (χ2v) is 6.18. The minimum Gasteiger partial charge on any atom is -0.493 e. The molecule has 3 aromatic rings. The van der Waals surface area contributed by atoms with Crippen LogP contribution < -0.4 is 5.56 Å². The van der Waals surface area contributed by atoms with Crippen LogP contribution in [0, 0.1) is 13.8 Å². The number of aromatic nitrogens is 2. The summed E-state index contributed by atoms with van der Waals surface area (Å²) >= 11 is 1.52. The number of hydrogen-bond donors (Lipinski definition) is 2. The first-order valence-corrected chi connectivity index (χ1v) is 7.33. The summed E-state index contributed by atoms with van der Waals surface area (Å²) in [6.45, 7) is 3.95. The Morgan fingerprint density at radius 1 is 1.10 bits per heavy atom. The van der Waals surface area contributed by atoms with E-state index in [4.69, 9.17) is 0 Å². The molecule has 2 heterocycles. The van der Waals surface area contributed by atoms with Crippen LogP contribution in [-0.4, -0.2) is 15.1 Å². The number of benzene rings is 1. The van der Waals surface area contributed by atoms with Gasteiger partial charge in [0, 0.05) is 4.88 Å². The number of aromatic amines is 1. The van der Waals surface area contributed by atoms with Gasteiger partial charge >= 0.3 is 0 Å². The number of hydrogen-bond acceptors (Lipinski definition) is 4. The van der Waals surface area contributed by atoms with E-state index < -0.39 is 0 Å². The Hall–Kier alpha value is -2.40. The highest BCUT2D eigenvalue weighted by Crippen LogP contribution is 2.28. The first kappa shape index (κ1) is 13.6. The van der Waals surface area contributed by atoms with Gasteiger partial charge in [0.2, 0.25) is 5.88 Å². The highest BCUT2D eigenvalue weighted by molar-refractivity contribution is 7.15. The molecule has 5 heteroatoms. The molecule has 0 saturated heterocycles. The second-order valence-electron chi connectivity index (χ2n) is 4.89. The molecular formula is C16H14N2O2S. The molecule has 2 aromatic heterocycles. The van der Waals surface area contributed by atoms with Crippen molar-refractivity contribution in [1.82, 2.24) is 9.97 Å². The quantitative estimate of drug-likeness (QED) is 0.761. The van der Waals surface area contributed by atoms with E-state index >= 15 is 0 Å². The number of rotatable bonds is 2. The molecule has 0 aliphatic carbocycles. The largest absolute Gasteiger partial charge is 0.493 e. The standard InChI is InChI=1S/C16H14N2O2S/c1-9-3-6-11(7-4-9)13-15(19)17-14(18-16(13)20)12-8-5-10(2)21-12/h3-8H,1-2H3,(H2,17,18,19,20). The lowest BCUT2D eigenvalue weighted by Crippen LogP contribution is -2.11. The van der Waals surface area contributed by atoms with E-state index in [2.05, 4.69) is 9.97 Å². The fourth-order valence-electron chi connectivity index (χ4n) is 2.12. The van der Waals surface area contributed by atoms with Crippen molar-refractivity contribution in [2.24, 2.45) is 0 Å². The molecule has 1 aromatic carbocycles. The van der Waals surface area contributed by atoms with Crippen LogP contribution in [0.25, 0.3) is 21.8 Å². The fraction of sp³-hybridized carbons (Fsp3) is 0.125. The molecule has 106 valence electrons. The number of nitrogens with zero attached hydrogens (tertiary/aromatic N) is 1. The molecule has 0 spiro atoms. The summed E-state index contributed by atoms with van der Waals surface area (Å²) in [5.74, 6) is 0.148. The number of thiophene rings is 1. The van der Waals surface area contributed by atoms with Crippen molar-refractivity contribution in [3.8, 4) is 27.7 Å². The monoisotopic (exact) mass is 298 g/mol.